The first-order chi connectivity index (χ1) is 7.97. The number of nitrogens with one attached hydrogen (secondary N) is 1. The lowest BCUT2D eigenvalue weighted by Gasteiger charge is -2.29. The van der Waals surface area contributed by atoms with Crippen LogP contribution in [0.2, 0.25) is 0 Å². The van der Waals surface area contributed by atoms with E-state index < -0.39 is 0 Å². The zero-order valence-electron chi connectivity index (χ0n) is 12.0. The molecular formula is C13H29N3O. The van der Waals surface area contributed by atoms with Gasteiger partial charge >= 0.3 is 0 Å². The third-order valence-corrected chi connectivity index (χ3v) is 3.05. The van der Waals surface area contributed by atoms with Gasteiger partial charge in [0.1, 0.15) is 0 Å². The minimum atomic E-state index is 0.227. The van der Waals surface area contributed by atoms with Gasteiger partial charge in [-0.1, -0.05) is 0 Å². The zero-order chi connectivity index (χ0) is 12.7. The highest BCUT2D eigenvalue weighted by Gasteiger charge is 2.11. The van der Waals surface area contributed by atoms with Crippen LogP contribution in [0, 0.1) is 0 Å². The standard InChI is InChI=1S/C13H29N3O/c1-13(2,3)14-5-6-15(4)7-8-16-9-11-17-12-10-16/h14H,5-12H2,1-4H3. The molecule has 17 heavy (non-hydrogen) atoms. The van der Waals surface area contributed by atoms with Gasteiger partial charge in [0.05, 0.1) is 13.2 Å². The average molecular weight is 243 g/mol. The third-order valence-electron chi connectivity index (χ3n) is 3.05. The van der Waals surface area contributed by atoms with E-state index in [1.807, 2.05) is 0 Å². The highest BCUT2D eigenvalue weighted by molar-refractivity contribution is 4.71. The fourth-order valence-electron chi connectivity index (χ4n) is 1.87. The Hall–Kier alpha value is -0.160. The van der Waals surface area contributed by atoms with Crippen LogP contribution in [0.4, 0.5) is 0 Å². The fraction of sp³-hybridized carbons (Fsp3) is 1.00. The van der Waals surface area contributed by atoms with Crippen molar-refractivity contribution in [1.29, 1.82) is 0 Å². The zero-order valence-corrected chi connectivity index (χ0v) is 12.0. The Morgan fingerprint density at radius 2 is 1.82 bits per heavy atom. The molecule has 0 aliphatic carbocycles. The minimum Gasteiger partial charge on any atom is -0.379 e. The molecule has 1 rings (SSSR count). The molecule has 0 amide bonds. The van der Waals surface area contributed by atoms with E-state index >= 15 is 0 Å². The van der Waals surface area contributed by atoms with Crippen molar-refractivity contribution in [3.63, 3.8) is 0 Å². The van der Waals surface area contributed by atoms with Gasteiger partial charge < -0.3 is 15.0 Å². The van der Waals surface area contributed by atoms with Crippen LogP contribution in [0.5, 0.6) is 0 Å². The van der Waals surface area contributed by atoms with Crippen molar-refractivity contribution in [3.8, 4) is 0 Å². The van der Waals surface area contributed by atoms with Crippen molar-refractivity contribution in [2.45, 2.75) is 26.3 Å². The molecule has 0 atom stereocenters. The molecular weight excluding hydrogens is 214 g/mol. The quantitative estimate of drug-likeness (QED) is 0.741. The highest BCUT2D eigenvalue weighted by Crippen LogP contribution is 1.98. The van der Waals surface area contributed by atoms with Gasteiger partial charge in [-0.25, -0.2) is 0 Å². The van der Waals surface area contributed by atoms with Crippen LogP contribution in [0.3, 0.4) is 0 Å². The summed E-state index contributed by atoms with van der Waals surface area (Å²) < 4.78 is 5.34. The van der Waals surface area contributed by atoms with Crippen LogP contribution in [0.25, 0.3) is 0 Å². The maximum atomic E-state index is 5.34. The van der Waals surface area contributed by atoms with Gasteiger partial charge in [-0.15, -0.1) is 0 Å². The number of rotatable bonds is 6. The summed E-state index contributed by atoms with van der Waals surface area (Å²) in [6.45, 7) is 15.1. The molecule has 0 unspecified atom stereocenters. The second kappa shape index (κ2) is 7.31. The van der Waals surface area contributed by atoms with Crippen molar-refractivity contribution < 1.29 is 4.74 Å². The number of morpholine rings is 1. The molecule has 1 fully saturated rings. The molecule has 1 saturated heterocycles. The maximum Gasteiger partial charge on any atom is 0.0594 e. The van der Waals surface area contributed by atoms with Crippen LogP contribution < -0.4 is 5.32 Å². The second-order valence-electron chi connectivity index (χ2n) is 5.93. The predicted octanol–water partition coefficient (Wildman–Crippen LogP) is 0.639. The van der Waals surface area contributed by atoms with E-state index in [1.54, 1.807) is 0 Å². The Bertz CT molecular complexity index is 197. The lowest BCUT2D eigenvalue weighted by Crippen LogP contribution is -2.43. The van der Waals surface area contributed by atoms with Crippen molar-refractivity contribution in [3.05, 3.63) is 0 Å². The third kappa shape index (κ3) is 7.71. The largest absolute Gasteiger partial charge is 0.379 e. The predicted molar refractivity (Wildman–Crippen MR) is 72.5 cm³/mol. The van der Waals surface area contributed by atoms with E-state index in [0.717, 1.165) is 52.5 Å². The summed E-state index contributed by atoms with van der Waals surface area (Å²) in [5.74, 6) is 0. The topological polar surface area (TPSA) is 27.7 Å². The summed E-state index contributed by atoms with van der Waals surface area (Å²) in [7, 11) is 2.20. The number of nitrogens with zero attached hydrogens (tertiary/aromatic N) is 2. The van der Waals surface area contributed by atoms with Crippen LogP contribution in [0.1, 0.15) is 20.8 Å². The number of likely N-dealkylation sites (N-methyl/N-ethyl adjacent to an activating group) is 1. The lowest BCUT2D eigenvalue weighted by molar-refractivity contribution is 0.0345. The first kappa shape index (κ1) is 14.9. The van der Waals surface area contributed by atoms with Crippen LogP contribution in [-0.2, 0) is 4.74 Å². The molecule has 0 aromatic rings. The van der Waals surface area contributed by atoms with Crippen molar-refractivity contribution in [1.82, 2.24) is 15.1 Å². The molecule has 0 aromatic heterocycles. The Balaban J connectivity index is 2.02. The van der Waals surface area contributed by atoms with E-state index in [9.17, 15) is 0 Å². The molecule has 0 aromatic carbocycles. The summed E-state index contributed by atoms with van der Waals surface area (Å²) in [5.41, 5.74) is 0.227. The molecule has 4 nitrogen and oxygen atoms in total. The van der Waals surface area contributed by atoms with Crippen LogP contribution in [0.15, 0.2) is 0 Å². The first-order valence-corrected chi connectivity index (χ1v) is 6.71. The Kier molecular flexibility index (Phi) is 6.41. The minimum absolute atomic E-state index is 0.227. The number of hydrogen-bond donors (Lipinski definition) is 1. The maximum absolute atomic E-state index is 5.34. The van der Waals surface area contributed by atoms with E-state index in [4.69, 9.17) is 4.74 Å². The van der Waals surface area contributed by atoms with Gasteiger partial charge in [-0.3, -0.25) is 4.90 Å². The average Bonchev–Trinajstić information content (AvgIpc) is 2.26. The Labute approximate surface area is 106 Å². The molecule has 1 aliphatic heterocycles. The summed E-state index contributed by atoms with van der Waals surface area (Å²) in [5, 5.41) is 3.52. The van der Waals surface area contributed by atoms with Crippen molar-refractivity contribution in [2.75, 3.05) is 59.5 Å². The lowest BCUT2D eigenvalue weighted by atomic mass is 10.1. The molecule has 1 N–H and O–H groups in total. The summed E-state index contributed by atoms with van der Waals surface area (Å²) in [6, 6.07) is 0. The fourth-order valence-corrected chi connectivity index (χ4v) is 1.87. The Morgan fingerprint density at radius 1 is 1.18 bits per heavy atom. The van der Waals surface area contributed by atoms with E-state index in [1.165, 1.54) is 0 Å². The molecule has 0 saturated carbocycles. The smallest absolute Gasteiger partial charge is 0.0594 e. The van der Waals surface area contributed by atoms with Crippen LogP contribution >= 0.6 is 0 Å². The highest BCUT2D eigenvalue weighted by atomic mass is 16.5. The van der Waals surface area contributed by atoms with Gasteiger partial charge in [0.2, 0.25) is 0 Å². The van der Waals surface area contributed by atoms with E-state index in [-0.39, 0.29) is 5.54 Å². The van der Waals surface area contributed by atoms with Crippen molar-refractivity contribution in [2.24, 2.45) is 0 Å². The monoisotopic (exact) mass is 243 g/mol. The molecule has 4 heteroatoms. The molecule has 1 heterocycles. The van der Waals surface area contributed by atoms with Crippen molar-refractivity contribution >= 4 is 0 Å². The second-order valence-corrected chi connectivity index (χ2v) is 5.93. The molecule has 0 bridgehead atoms. The van der Waals surface area contributed by atoms with Gasteiger partial charge in [0, 0.05) is 44.8 Å². The van der Waals surface area contributed by atoms with Gasteiger partial charge in [-0.05, 0) is 27.8 Å². The Morgan fingerprint density at radius 3 is 2.41 bits per heavy atom. The van der Waals surface area contributed by atoms with Gasteiger partial charge in [-0.2, -0.15) is 0 Å². The number of ether oxygens (including phenoxy) is 1. The van der Waals surface area contributed by atoms with E-state index in [2.05, 4.69) is 42.9 Å². The molecule has 1 aliphatic rings. The van der Waals surface area contributed by atoms with Crippen LogP contribution in [-0.4, -0.2) is 74.9 Å². The summed E-state index contributed by atoms with van der Waals surface area (Å²) >= 11 is 0. The summed E-state index contributed by atoms with van der Waals surface area (Å²) in [6.07, 6.45) is 0. The van der Waals surface area contributed by atoms with E-state index in [0.29, 0.717) is 0 Å². The van der Waals surface area contributed by atoms with Gasteiger partial charge in [0.15, 0.2) is 0 Å². The SMILES string of the molecule is CN(CCNC(C)(C)C)CCN1CCOCC1. The molecule has 0 radical (unpaired) electrons. The number of hydrogen-bond acceptors (Lipinski definition) is 4. The molecule has 0 spiro atoms. The molecule has 102 valence electrons. The normalized spacial score (nSPS) is 18.9. The first-order valence-electron chi connectivity index (χ1n) is 6.71. The van der Waals surface area contributed by atoms with Gasteiger partial charge in [0.25, 0.3) is 0 Å². The summed E-state index contributed by atoms with van der Waals surface area (Å²) in [4.78, 5) is 4.88.